The van der Waals surface area contributed by atoms with Gasteiger partial charge in [0, 0.05) is 5.69 Å². The highest BCUT2D eigenvalue weighted by Gasteiger charge is 2.41. The summed E-state index contributed by atoms with van der Waals surface area (Å²) in [6.07, 6.45) is -4.55. The van der Waals surface area contributed by atoms with Crippen molar-refractivity contribution in [2.75, 3.05) is 17.3 Å². The zero-order chi connectivity index (χ0) is 24.6. The highest BCUT2D eigenvalue weighted by molar-refractivity contribution is 6.46. The van der Waals surface area contributed by atoms with Crippen LogP contribution in [0.25, 0.3) is 5.57 Å². The Bertz CT molecular complexity index is 1330. The molecule has 3 aromatic rings. The molecule has 0 spiro atoms. The first-order chi connectivity index (χ1) is 16.1. The van der Waals surface area contributed by atoms with Gasteiger partial charge in [-0.05, 0) is 60.9 Å². The number of benzene rings is 3. The number of hydrogen-bond acceptors (Lipinski definition) is 4. The molecule has 5 nitrogen and oxygen atoms in total. The molecule has 0 saturated carbocycles. The topological polar surface area (TPSA) is 58.6 Å². The van der Waals surface area contributed by atoms with Gasteiger partial charge >= 0.3 is 6.18 Å². The van der Waals surface area contributed by atoms with Crippen LogP contribution in [0.5, 0.6) is 5.75 Å². The Balaban J connectivity index is 1.86. The monoisotopic (exact) mass is 466 g/mol. The molecule has 0 radical (unpaired) electrons. The molecule has 0 bridgehead atoms. The van der Waals surface area contributed by atoms with Crippen LogP contribution < -0.4 is 15.0 Å². The van der Waals surface area contributed by atoms with Gasteiger partial charge in [-0.2, -0.15) is 13.2 Å². The Labute approximate surface area is 194 Å². The summed E-state index contributed by atoms with van der Waals surface area (Å²) in [6, 6.07) is 16.3. The van der Waals surface area contributed by atoms with E-state index < -0.39 is 23.6 Å². The quantitative estimate of drug-likeness (QED) is 0.488. The van der Waals surface area contributed by atoms with Gasteiger partial charge < -0.3 is 10.1 Å². The first-order valence-corrected chi connectivity index (χ1v) is 10.4. The fourth-order valence-electron chi connectivity index (χ4n) is 3.76. The fraction of sp³-hybridized carbons (Fsp3) is 0.154. The molecule has 0 unspecified atom stereocenters. The second-order valence-corrected chi connectivity index (χ2v) is 7.87. The van der Waals surface area contributed by atoms with Gasteiger partial charge in [-0.3, -0.25) is 9.59 Å². The molecule has 0 saturated heterocycles. The Morgan fingerprint density at radius 2 is 1.59 bits per heavy atom. The standard InChI is InChI=1S/C26H21F3N2O3/c1-15-11-12-17(13-16(15)2)22-23(30-19-8-6-7-18(14-19)26(27,28)29)25(33)31(24(22)32)20-9-4-5-10-21(20)34-3/h4-14,30H,1-3H3. The third-order valence-electron chi connectivity index (χ3n) is 5.66. The SMILES string of the molecule is COc1ccccc1N1C(=O)C(Nc2cccc(C(F)(F)F)c2)=C(c2ccc(C)c(C)c2)C1=O. The summed E-state index contributed by atoms with van der Waals surface area (Å²) >= 11 is 0. The predicted octanol–water partition coefficient (Wildman–Crippen LogP) is 5.73. The third kappa shape index (κ3) is 4.14. The van der Waals surface area contributed by atoms with E-state index in [4.69, 9.17) is 4.74 Å². The number of alkyl halides is 3. The average Bonchev–Trinajstić information content (AvgIpc) is 3.04. The number of halogens is 3. The summed E-state index contributed by atoms with van der Waals surface area (Å²) in [5, 5.41) is 2.78. The first-order valence-electron chi connectivity index (χ1n) is 10.4. The minimum atomic E-state index is -4.55. The molecule has 8 heteroatoms. The molecule has 1 aliphatic rings. The predicted molar refractivity (Wildman–Crippen MR) is 123 cm³/mol. The number of methoxy groups -OCH3 is 1. The van der Waals surface area contributed by atoms with Crippen molar-refractivity contribution in [3.05, 3.63) is 94.7 Å². The van der Waals surface area contributed by atoms with E-state index in [1.165, 1.54) is 19.2 Å². The van der Waals surface area contributed by atoms with E-state index in [1.54, 1.807) is 36.4 Å². The number of rotatable bonds is 5. The normalized spacial score (nSPS) is 14.1. The molecule has 0 aromatic heterocycles. The van der Waals surface area contributed by atoms with E-state index in [-0.39, 0.29) is 22.6 Å². The first kappa shape index (κ1) is 23.1. The summed E-state index contributed by atoms with van der Waals surface area (Å²) in [5.74, 6) is -0.990. The van der Waals surface area contributed by atoms with Gasteiger partial charge in [0.15, 0.2) is 0 Å². The number of nitrogens with one attached hydrogen (secondary N) is 1. The number of nitrogens with zero attached hydrogens (tertiary/aromatic N) is 1. The number of aryl methyl sites for hydroxylation is 2. The van der Waals surface area contributed by atoms with Crippen molar-refractivity contribution in [2.24, 2.45) is 0 Å². The lowest BCUT2D eigenvalue weighted by molar-refractivity contribution is -0.137. The van der Waals surface area contributed by atoms with Crippen LogP contribution in [0.4, 0.5) is 24.5 Å². The van der Waals surface area contributed by atoms with Gasteiger partial charge in [-0.1, -0.05) is 36.4 Å². The molecule has 4 rings (SSSR count). The van der Waals surface area contributed by atoms with Gasteiger partial charge in [0.25, 0.3) is 11.8 Å². The highest BCUT2D eigenvalue weighted by Crippen LogP contribution is 2.38. The summed E-state index contributed by atoms with van der Waals surface area (Å²) in [4.78, 5) is 28.1. The number of ether oxygens (including phenoxy) is 1. The lowest BCUT2D eigenvalue weighted by Gasteiger charge is -2.18. The van der Waals surface area contributed by atoms with Crippen molar-refractivity contribution < 1.29 is 27.5 Å². The number of amides is 2. The van der Waals surface area contributed by atoms with Crippen molar-refractivity contribution in [2.45, 2.75) is 20.0 Å². The molecule has 1 aliphatic heterocycles. The summed E-state index contributed by atoms with van der Waals surface area (Å²) in [5.41, 5.74) is 1.73. The molecule has 1 heterocycles. The van der Waals surface area contributed by atoms with E-state index in [0.29, 0.717) is 11.3 Å². The molecule has 174 valence electrons. The van der Waals surface area contributed by atoms with Crippen molar-refractivity contribution in [1.29, 1.82) is 0 Å². The number of carbonyl (C=O) groups excluding carboxylic acids is 2. The maximum absolute atomic E-state index is 13.6. The zero-order valence-corrected chi connectivity index (χ0v) is 18.7. The largest absolute Gasteiger partial charge is 0.495 e. The number of anilines is 2. The van der Waals surface area contributed by atoms with Crippen LogP contribution in [0.3, 0.4) is 0 Å². The molecule has 34 heavy (non-hydrogen) atoms. The molecule has 3 aromatic carbocycles. The van der Waals surface area contributed by atoms with Gasteiger partial charge in [0.05, 0.1) is 23.9 Å². The lowest BCUT2D eigenvalue weighted by atomic mass is 9.99. The highest BCUT2D eigenvalue weighted by atomic mass is 19.4. The van der Waals surface area contributed by atoms with E-state index in [1.807, 2.05) is 19.9 Å². The summed E-state index contributed by atoms with van der Waals surface area (Å²) in [6.45, 7) is 3.79. The number of carbonyl (C=O) groups is 2. The van der Waals surface area contributed by atoms with Gasteiger partial charge in [-0.15, -0.1) is 0 Å². The fourth-order valence-corrected chi connectivity index (χ4v) is 3.76. The van der Waals surface area contributed by atoms with Crippen molar-refractivity contribution >= 4 is 28.8 Å². The summed E-state index contributed by atoms with van der Waals surface area (Å²) in [7, 11) is 1.42. The number of hydrogen-bond donors (Lipinski definition) is 1. The Morgan fingerprint density at radius 1 is 0.853 bits per heavy atom. The van der Waals surface area contributed by atoms with Crippen LogP contribution >= 0.6 is 0 Å². The lowest BCUT2D eigenvalue weighted by Crippen LogP contribution is -2.32. The van der Waals surface area contributed by atoms with Crippen LogP contribution in [0.2, 0.25) is 0 Å². The zero-order valence-electron chi connectivity index (χ0n) is 18.7. The Hall–Kier alpha value is -4.07. The molecule has 0 aliphatic carbocycles. The van der Waals surface area contributed by atoms with Crippen LogP contribution in [-0.4, -0.2) is 18.9 Å². The van der Waals surface area contributed by atoms with Crippen LogP contribution in [-0.2, 0) is 15.8 Å². The Kier molecular flexibility index (Phi) is 5.91. The molecule has 1 N–H and O–H groups in total. The number of para-hydroxylation sites is 2. The van der Waals surface area contributed by atoms with Crippen LogP contribution in [0.1, 0.15) is 22.3 Å². The van der Waals surface area contributed by atoms with Crippen LogP contribution in [0, 0.1) is 13.8 Å². The van der Waals surface area contributed by atoms with E-state index in [9.17, 15) is 22.8 Å². The molecule has 0 fully saturated rings. The van der Waals surface area contributed by atoms with Crippen molar-refractivity contribution in [3.63, 3.8) is 0 Å². The summed E-state index contributed by atoms with van der Waals surface area (Å²) < 4.78 is 45.0. The smallest absolute Gasteiger partial charge is 0.416 e. The van der Waals surface area contributed by atoms with E-state index in [0.717, 1.165) is 28.2 Å². The second kappa shape index (κ2) is 8.70. The van der Waals surface area contributed by atoms with E-state index in [2.05, 4.69) is 5.32 Å². The third-order valence-corrected chi connectivity index (χ3v) is 5.66. The Morgan fingerprint density at radius 3 is 2.26 bits per heavy atom. The van der Waals surface area contributed by atoms with Gasteiger partial charge in [0.1, 0.15) is 11.4 Å². The second-order valence-electron chi connectivity index (χ2n) is 7.87. The van der Waals surface area contributed by atoms with E-state index >= 15 is 0 Å². The van der Waals surface area contributed by atoms with Gasteiger partial charge in [-0.25, -0.2) is 4.90 Å². The number of imide groups is 1. The maximum Gasteiger partial charge on any atom is 0.416 e. The maximum atomic E-state index is 13.6. The minimum absolute atomic E-state index is 0.0363. The van der Waals surface area contributed by atoms with Crippen molar-refractivity contribution in [3.8, 4) is 5.75 Å². The van der Waals surface area contributed by atoms with Crippen LogP contribution in [0.15, 0.2) is 72.4 Å². The van der Waals surface area contributed by atoms with Gasteiger partial charge in [0.2, 0.25) is 0 Å². The average molecular weight is 466 g/mol. The van der Waals surface area contributed by atoms with Crippen molar-refractivity contribution in [1.82, 2.24) is 0 Å². The molecule has 2 amide bonds. The minimum Gasteiger partial charge on any atom is -0.495 e. The molecular formula is C26H21F3N2O3. The molecule has 0 atom stereocenters. The molecular weight excluding hydrogens is 445 g/mol.